The molecule has 3 atom stereocenters. The summed E-state index contributed by atoms with van der Waals surface area (Å²) in [6.07, 6.45) is 6.27. The van der Waals surface area contributed by atoms with Crippen molar-refractivity contribution in [1.82, 2.24) is 0 Å². The zero-order valence-corrected chi connectivity index (χ0v) is 7.80. The van der Waals surface area contributed by atoms with Crippen LogP contribution in [0.15, 0.2) is 6.08 Å². The second kappa shape index (κ2) is 3.49. The summed E-state index contributed by atoms with van der Waals surface area (Å²) in [6, 6.07) is 0. The second-order valence-corrected chi connectivity index (χ2v) is 6.32. The van der Waals surface area contributed by atoms with Crippen LogP contribution in [-0.2, 0) is 19.7 Å². The fourth-order valence-corrected chi connectivity index (χ4v) is 3.66. The van der Waals surface area contributed by atoms with Gasteiger partial charge in [-0.3, -0.25) is 0 Å². The molecule has 57 valence electrons. The van der Waals surface area contributed by atoms with Crippen molar-refractivity contribution < 1.29 is 4.21 Å². The van der Waals surface area contributed by atoms with Crippen LogP contribution < -0.4 is 0 Å². The average Bonchev–Trinajstić information content (AvgIpc) is 1.88. The number of hydrogen-bond acceptors (Lipinski definition) is 1. The van der Waals surface area contributed by atoms with Crippen LogP contribution in [0.5, 0.6) is 0 Å². The number of allylic oxidation sites excluding steroid dienone is 1. The molecular weight excluding hydrogens is 164 g/mol. The Morgan fingerprint density at radius 2 is 2.40 bits per heavy atom. The summed E-state index contributed by atoms with van der Waals surface area (Å²) < 4.78 is 10.6. The molecule has 1 rings (SSSR count). The van der Waals surface area contributed by atoms with E-state index in [1.54, 1.807) is 0 Å². The van der Waals surface area contributed by atoms with Crippen LogP contribution in [0.1, 0.15) is 20.3 Å². The lowest BCUT2D eigenvalue weighted by molar-refractivity contribution is 0.701. The van der Waals surface area contributed by atoms with Crippen molar-refractivity contribution in [1.29, 1.82) is 0 Å². The van der Waals surface area contributed by atoms with Crippen molar-refractivity contribution >= 4 is 19.7 Å². The van der Waals surface area contributed by atoms with E-state index in [0.717, 1.165) is 16.6 Å². The third-order valence-electron chi connectivity index (χ3n) is 1.63. The Morgan fingerprint density at radius 3 is 2.80 bits per heavy atom. The zero-order valence-electron chi connectivity index (χ0n) is 6.16. The summed E-state index contributed by atoms with van der Waals surface area (Å²) in [6.45, 7) is 4.21. The largest absolute Gasteiger partial charge is 0.205 e. The van der Waals surface area contributed by atoms with Crippen LogP contribution in [0.25, 0.3) is 0 Å². The monoisotopic (exact) mass is 175 g/mol. The minimum atomic E-state index is -0.0224. The third-order valence-corrected chi connectivity index (χ3v) is 5.92. The molecule has 1 aliphatic rings. The third kappa shape index (κ3) is 1.58. The van der Waals surface area contributed by atoms with Gasteiger partial charge in [0.05, 0.1) is 0 Å². The summed E-state index contributed by atoms with van der Waals surface area (Å²) in [5, 5.41) is 0.921. The van der Waals surface area contributed by atoms with Gasteiger partial charge in [-0.15, -0.1) is 0 Å². The van der Waals surface area contributed by atoms with E-state index in [1.807, 2.05) is 0 Å². The summed E-state index contributed by atoms with van der Waals surface area (Å²) in [5.74, 6) is 0. The van der Waals surface area contributed by atoms with Crippen molar-refractivity contribution in [3.8, 4) is 0 Å². The zero-order chi connectivity index (χ0) is 7.56. The standard InChI is InChI=1S/C7H11OS2/c1-6-4-3-5-7(2)10(6)9-8/h3,6-7H,4H2,1-2H3. The van der Waals surface area contributed by atoms with Gasteiger partial charge in [-0.05, 0) is 19.4 Å². The summed E-state index contributed by atoms with van der Waals surface area (Å²) in [5.41, 5.74) is 0. The van der Waals surface area contributed by atoms with Crippen molar-refractivity contribution in [3.05, 3.63) is 12.2 Å². The van der Waals surface area contributed by atoms with Gasteiger partial charge in [0.15, 0.2) is 0 Å². The quantitative estimate of drug-likeness (QED) is 0.542. The first kappa shape index (κ1) is 8.21. The molecule has 1 nitrogen and oxygen atoms in total. The predicted octanol–water partition coefficient (Wildman–Crippen LogP) is 1.27. The minimum absolute atomic E-state index is 0.0224. The molecule has 0 N–H and O–H groups in total. The predicted molar refractivity (Wildman–Crippen MR) is 46.9 cm³/mol. The molecule has 1 radical (unpaired) electrons. The maximum Gasteiger partial charge on any atom is 0.121 e. The Kier molecular flexibility index (Phi) is 2.86. The van der Waals surface area contributed by atoms with Crippen molar-refractivity contribution in [3.63, 3.8) is 0 Å². The normalized spacial score (nSPS) is 39.6. The highest BCUT2D eigenvalue weighted by Gasteiger charge is 2.16. The van der Waals surface area contributed by atoms with E-state index in [4.69, 9.17) is 0 Å². The Morgan fingerprint density at radius 1 is 1.70 bits per heavy atom. The fourth-order valence-electron chi connectivity index (χ4n) is 1.04. The van der Waals surface area contributed by atoms with Gasteiger partial charge in [0.2, 0.25) is 0 Å². The Hall–Kier alpha value is 0.110. The Bertz CT molecular complexity index is 204. The summed E-state index contributed by atoms with van der Waals surface area (Å²) >= 11 is 0. The highest BCUT2D eigenvalue weighted by molar-refractivity contribution is 8.32. The van der Waals surface area contributed by atoms with Gasteiger partial charge >= 0.3 is 0 Å². The molecule has 0 amide bonds. The molecule has 0 saturated heterocycles. The van der Waals surface area contributed by atoms with Crippen molar-refractivity contribution in [2.24, 2.45) is 0 Å². The van der Waals surface area contributed by atoms with Gasteiger partial charge in [-0.25, -0.2) is 4.21 Å². The molecule has 0 fully saturated rings. The van der Waals surface area contributed by atoms with E-state index >= 15 is 0 Å². The first-order valence-electron chi connectivity index (χ1n) is 3.35. The number of rotatable bonds is 0. The summed E-state index contributed by atoms with van der Waals surface area (Å²) in [7, 11) is 0.735. The Balaban J connectivity index is 2.88. The van der Waals surface area contributed by atoms with E-state index in [0.29, 0.717) is 10.5 Å². The van der Waals surface area contributed by atoms with Crippen molar-refractivity contribution in [2.45, 2.75) is 30.8 Å². The van der Waals surface area contributed by atoms with Gasteiger partial charge in [0, 0.05) is 10.5 Å². The highest BCUT2D eigenvalue weighted by Crippen LogP contribution is 2.15. The fraction of sp³-hybridized carbons (Fsp3) is 0.714. The summed E-state index contributed by atoms with van der Waals surface area (Å²) in [4.78, 5) is 0. The smallest absolute Gasteiger partial charge is 0.121 e. The van der Waals surface area contributed by atoms with Gasteiger partial charge in [0.25, 0.3) is 0 Å². The lowest BCUT2D eigenvalue weighted by Gasteiger charge is -2.19. The van der Waals surface area contributed by atoms with Crippen molar-refractivity contribution in [2.75, 3.05) is 0 Å². The van der Waals surface area contributed by atoms with E-state index in [1.165, 1.54) is 0 Å². The lowest BCUT2D eigenvalue weighted by Crippen LogP contribution is -2.22. The first-order chi connectivity index (χ1) is 4.75. The van der Waals surface area contributed by atoms with E-state index in [9.17, 15) is 4.21 Å². The Labute approximate surface area is 67.2 Å². The lowest BCUT2D eigenvalue weighted by atomic mass is 10.3. The maximum atomic E-state index is 10.6. The van der Waals surface area contributed by atoms with E-state index in [-0.39, 0.29) is 9.45 Å². The molecule has 0 bridgehead atoms. The second-order valence-electron chi connectivity index (χ2n) is 2.46. The van der Waals surface area contributed by atoms with Crippen LogP contribution in [0.4, 0.5) is 0 Å². The molecule has 0 saturated carbocycles. The van der Waals surface area contributed by atoms with Gasteiger partial charge in [-0.1, -0.05) is 22.5 Å². The molecule has 1 heterocycles. The van der Waals surface area contributed by atoms with Crippen LogP contribution in [0.3, 0.4) is 0 Å². The van der Waals surface area contributed by atoms with E-state index < -0.39 is 0 Å². The molecule has 10 heavy (non-hydrogen) atoms. The minimum Gasteiger partial charge on any atom is -0.205 e. The number of hydrogen-bond donors (Lipinski definition) is 0. The molecule has 3 heteroatoms. The van der Waals surface area contributed by atoms with Crippen LogP contribution >= 0.6 is 0 Å². The maximum absolute atomic E-state index is 10.6. The average molecular weight is 175 g/mol. The first-order valence-corrected chi connectivity index (χ1v) is 5.96. The highest BCUT2D eigenvalue weighted by atomic mass is 32.8. The molecule has 0 aromatic heterocycles. The molecule has 0 aromatic rings. The van der Waals surface area contributed by atoms with Gasteiger partial charge in [-0.2, -0.15) is 0 Å². The molecule has 0 spiro atoms. The molecule has 0 aliphatic carbocycles. The van der Waals surface area contributed by atoms with Crippen LogP contribution in [0, 0.1) is 6.08 Å². The SMILES string of the molecule is CC1[C]=CCC(C)S1=S=O. The van der Waals surface area contributed by atoms with Crippen LogP contribution in [0.2, 0.25) is 0 Å². The molecule has 1 aliphatic heterocycles. The van der Waals surface area contributed by atoms with Gasteiger partial charge < -0.3 is 0 Å². The van der Waals surface area contributed by atoms with Crippen LogP contribution in [-0.4, -0.2) is 14.7 Å². The molecule has 3 unspecified atom stereocenters. The van der Waals surface area contributed by atoms with E-state index in [2.05, 4.69) is 26.0 Å². The molecular formula is C7H11OS2. The topological polar surface area (TPSA) is 17.1 Å². The molecule has 0 aromatic carbocycles. The van der Waals surface area contributed by atoms with Gasteiger partial charge in [0.1, 0.15) is 10.2 Å².